The van der Waals surface area contributed by atoms with E-state index in [1.165, 1.54) is 23.9 Å². The zero-order chi connectivity index (χ0) is 20.8. The molecule has 8 heteroatoms. The van der Waals surface area contributed by atoms with Gasteiger partial charge in [0.1, 0.15) is 11.6 Å². The minimum Gasteiger partial charge on any atom is -0.495 e. The third kappa shape index (κ3) is 5.03. The molecule has 1 aromatic heterocycles. The van der Waals surface area contributed by atoms with E-state index in [-0.39, 0.29) is 17.5 Å². The van der Waals surface area contributed by atoms with Gasteiger partial charge in [-0.2, -0.15) is 0 Å². The van der Waals surface area contributed by atoms with Crippen LogP contribution in [0.5, 0.6) is 5.75 Å². The maximum Gasteiger partial charge on any atom is 0.234 e. The number of carbonyl (C=O) groups is 1. The number of nitrogens with zero attached hydrogens (tertiary/aromatic N) is 3. The molecule has 1 amide bonds. The number of ether oxygens (including phenoxy) is 1. The van der Waals surface area contributed by atoms with Crippen molar-refractivity contribution >= 4 is 23.4 Å². The van der Waals surface area contributed by atoms with Gasteiger partial charge in [0.15, 0.2) is 11.0 Å². The first-order chi connectivity index (χ1) is 14.0. The molecule has 0 bridgehead atoms. The predicted molar refractivity (Wildman–Crippen MR) is 113 cm³/mol. The van der Waals surface area contributed by atoms with Crippen LogP contribution >= 0.6 is 11.8 Å². The van der Waals surface area contributed by atoms with Crippen LogP contribution in [0.15, 0.2) is 60.3 Å². The number of methoxy groups -OCH3 is 1. The molecule has 0 aliphatic heterocycles. The molecule has 3 rings (SSSR count). The normalized spacial score (nSPS) is 10.6. The first kappa shape index (κ1) is 20.6. The van der Waals surface area contributed by atoms with Crippen molar-refractivity contribution in [3.8, 4) is 17.1 Å². The first-order valence-electron chi connectivity index (χ1n) is 8.89. The van der Waals surface area contributed by atoms with Gasteiger partial charge in [0, 0.05) is 12.1 Å². The molecule has 0 unspecified atom stereocenters. The fraction of sp³-hybridized carbons (Fsp3) is 0.190. The quantitative estimate of drug-likeness (QED) is 0.441. The van der Waals surface area contributed by atoms with E-state index in [1.54, 1.807) is 29.9 Å². The van der Waals surface area contributed by atoms with Gasteiger partial charge in [0.05, 0.1) is 18.6 Å². The Kier molecular flexibility index (Phi) is 6.66. The molecule has 0 atom stereocenters. The smallest absolute Gasteiger partial charge is 0.234 e. The molecule has 0 saturated carbocycles. The number of hydrogen-bond donors (Lipinski definition) is 1. The minimum absolute atomic E-state index is 0.134. The van der Waals surface area contributed by atoms with Crippen molar-refractivity contribution in [1.82, 2.24) is 14.8 Å². The van der Waals surface area contributed by atoms with Gasteiger partial charge in [-0.1, -0.05) is 36.0 Å². The average Bonchev–Trinajstić information content (AvgIpc) is 3.09. The maximum absolute atomic E-state index is 13.6. The van der Waals surface area contributed by atoms with Crippen LogP contribution in [0.4, 0.5) is 10.1 Å². The van der Waals surface area contributed by atoms with Gasteiger partial charge < -0.3 is 10.1 Å². The lowest BCUT2D eigenvalue weighted by atomic mass is 10.2. The summed E-state index contributed by atoms with van der Waals surface area (Å²) >= 11 is 1.25. The summed E-state index contributed by atoms with van der Waals surface area (Å²) in [5.74, 6) is 0.704. The molecule has 6 nitrogen and oxygen atoms in total. The standard InChI is InChI=1S/C21H21FN4O2S/c1-4-10-26-20(15-6-5-7-16(22)12-15)24-25-21(26)29-13-19(27)23-17-11-14(2)8-9-18(17)28-3/h4-9,11-12H,1,10,13H2,2-3H3,(H,23,27). The molecule has 150 valence electrons. The molecule has 0 radical (unpaired) electrons. The first-order valence-corrected chi connectivity index (χ1v) is 9.87. The minimum atomic E-state index is -0.351. The molecule has 2 aromatic carbocycles. The van der Waals surface area contributed by atoms with E-state index in [0.717, 1.165) is 5.56 Å². The number of halogens is 1. The van der Waals surface area contributed by atoms with E-state index in [0.29, 0.717) is 34.5 Å². The van der Waals surface area contributed by atoms with Crippen LogP contribution in [0.1, 0.15) is 5.56 Å². The summed E-state index contributed by atoms with van der Waals surface area (Å²) in [7, 11) is 1.56. The van der Waals surface area contributed by atoms with E-state index in [4.69, 9.17) is 4.74 Å². The number of anilines is 1. The lowest BCUT2D eigenvalue weighted by molar-refractivity contribution is -0.113. The topological polar surface area (TPSA) is 69.0 Å². The van der Waals surface area contributed by atoms with Gasteiger partial charge in [-0.25, -0.2) is 4.39 Å². The molecular weight excluding hydrogens is 391 g/mol. The Bertz CT molecular complexity index is 1040. The average molecular weight is 412 g/mol. The Hall–Kier alpha value is -3.13. The Morgan fingerprint density at radius 2 is 2.14 bits per heavy atom. The molecule has 3 aromatic rings. The van der Waals surface area contributed by atoms with Crippen molar-refractivity contribution in [2.24, 2.45) is 0 Å². The third-order valence-corrected chi connectivity index (χ3v) is 5.04. The van der Waals surface area contributed by atoms with Gasteiger partial charge in [-0.3, -0.25) is 9.36 Å². The van der Waals surface area contributed by atoms with Crippen LogP contribution in [0.3, 0.4) is 0 Å². The van der Waals surface area contributed by atoms with Gasteiger partial charge in [-0.15, -0.1) is 16.8 Å². The predicted octanol–water partition coefficient (Wildman–Crippen LogP) is 4.32. The number of carbonyl (C=O) groups excluding carboxylic acids is 1. The van der Waals surface area contributed by atoms with Crippen LogP contribution in [-0.4, -0.2) is 33.5 Å². The van der Waals surface area contributed by atoms with Crippen molar-refractivity contribution in [1.29, 1.82) is 0 Å². The number of thioether (sulfide) groups is 1. The summed E-state index contributed by atoms with van der Waals surface area (Å²) in [6.45, 7) is 6.13. The molecular formula is C21H21FN4O2S. The molecule has 29 heavy (non-hydrogen) atoms. The monoisotopic (exact) mass is 412 g/mol. The van der Waals surface area contributed by atoms with Crippen LogP contribution < -0.4 is 10.1 Å². The SMILES string of the molecule is C=CCn1c(SCC(=O)Nc2cc(C)ccc2OC)nnc1-c1cccc(F)c1. The third-order valence-electron chi connectivity index (χ3n) is 4.07. The molecule has 0 aliphatic rings. The lowest BCUT2D eigenvalue weighted by Gasteiger charge is -2.11. The number of nitrogens with one attached hydrogen (secondary N) is 1. The van der Waals surface area contributed by atoms with Crippen molar-refractivity contribution in [3.05, 3.63) is 66.5 Å². The van der Waals surface area contributed by atoms with Gasteiger partial charge in [0.25, 0.3) is 0 Å². The number of allylic oxidation sites excluding steroid dienone is 1. The van der Waals surface area contributed by atoms with Gasteiger partial charge in [0.2, 0.25) is 5.91 Å². The largest absolute Gasteiger partial charge is 0.495 e. The molecule has 0 fully saturated rings. The highest BCUT2D eigenvalue weighted by molar-refractivity contribution is 7.99. The fourth-order valence-electron chi connectivity index (χ4n) is 2.77. The molecule has 0 saturated heterocycles. The second-order valence-electron chi connectivity index (χ2n) is 6.26. The number of aromatic nitrogens is 3. The van der Waals surface area contributed by atoms with Crippen LogP contribution in [0, 0.1) is 12.7 Å². The van der Waals surface area contributed by atoms with E-state index >= 15 is 0 Å². The number of benzene rings is 2. The fourth-order valence-corrected chi connectivity index (χ4v) is 3.51. The summed E-state index contributed by atoms with van der Waals surface area (Å²) in [5, 5.41) is 11.8. The molecule has 1 heterocycles. The number of rotatable bonds is 8. The van der Waals surface area contributed by atoms with Crippen LogP contribution in [0.25, 0.3) is 11.4 Å². The molecule has 0 aliphatic carbocycles. The molecule has 0 spiro atoms. The second-order valence-corrected chi connectivity index (χ2v) is 7.20. The van der Waals surface area contributed by atoms with E-state index in [9.17, 15) is 9.18 Å². The molecule has 1 N–H and O–H groups in total. The number of aryl methyl sites for hydroxylation is 1. The van der Waals surface area contributed by atoms with E-state index in [1.807, 2.05) is 25.1 Å². The van der Waals surface area contributed by atoms with Gasteiger partial charge in [-0.05, 0) is 36.8 Å². The zero-order valence-electron chi connectivity index (χ0n) is 16.2. The van der Waals surface area contributed by atoms with Crippen molar-refractivity contribution in [3.63, 3.8) is 0 Å². The summed E-state index contributed by atoms with van der Waals surface area (Å²) in [6.07, 6.45) is 1.70. The van der Waals surface area contributed by atoms with Crippen molar-refractivity contribution in [2.45, 2.75) is 18.6 Å². The zero-order valence-corrected chi connectivity index (χ0v) is 17.0. The number of hydrogen-bond acceptors (Lipinski definition) is 5. The summed E-state index contributed by atoms with van der Waals surface area (Å²) in [5.41, 5.74) is 2.24. The Morgan fingerprint density at radius 1 is 1.31 bits per heavy atom. The second kappa shape index (κ2) is 9.38. The Morgan fingerprint density at radius 3 is 2.86 bits per heavy atom. The highest BCUT2D eigenvalue weighted by atomic mass is 32.2. The number of amides is 1. The highest BCUT2D eigenvalue weighted by Crippen LogP contribution is 2.27. The summed E-state index contributed by atoms with van der Waals surface area (Å²) in [4.78, 5) is 12.4. The van der Waals surface area contributed by atoms with Crippen molar-refractivity contribution in [2.75, 3.05) is 18.2 Å². The summed E-state index contributed by atoms with van der Waals surface area (Å²) < 4.78 is 20.7. The highest BCUT2D eigenvalue weighted by Gasteiger charge is 2.16. The summed E-state index contributed by atoms with van der Waals surface area (Å²) in [6, 6.07) is 11.7. The van der Waals surface area contributed by atoms with E-state index in [2.05, 4.69) is 22.1 Å². The maximum atomic E-state index is 13.6. The Labute approximate surface area is 172 Å². The van der Waals surface area contributed by atoms with Gasteiger partial charge >= 0.3 is 0 Å². The van der Waals surface area contributed by atoms with Crippen molar-refractivity contribution < 1.29 is 13.9 Å². The van der Waals surface area contributed by atoms with E-state index < -0.39 is 0 Å². The van der Waals surface area contributed by atoms with Crippen LogP contribution in [0.2, 0.25) is 0 Å². The lowest BCUT2D eigenvalue weighted by Crippen LogP contribution is -2.15. The Balaban J connectivity index is 1.74. The van der Waals surface area contributed by atoms with Crippen LogP contribution in [-0.2, 0) is 11.3 Å².